The lowest BCUT2D eigenvalue weighted by Gasteiger charge is -2.01. The largest absolute Gasteiger partial charge is 0.370 e. The molecule has 0 aromatic carbocycles. The minimum atomic E-state index is 0.890. The second-order valence-corrected chi connectivity index (χ2v) is 4.06. The van der Waals surface area contributed by atoms with E-state index in [4.69, 9.17) is 0 Å². The first-order chi connectivity index (χ1) is 6.31. The molecule has 0 radical (unpaired) electrons. The van der Waals surface area contributed by atoms with Gasteiger partial charge in [0.1, 0.15) is 17.0 Å². The zero-order chi connectivity index (χ0) is 9.26. The number of aryl methyl sites for hydroxylation is 1. The molecule has 0 saturated heterocycles. The Labute approximate surface area is 80.8 Å². The molecule has 1 N–H and O–H groups in total. The third-order valence-electron chi connectivity index (χ3n) is 1.80. The highest BCUT2D eigenvalue weighted by molar-refractivity contribution is 7.18. The minimum Gasteiger partial charge on any atom is -0.370 e. The predicted molar refractivity (Wildman–Crippen MR) is 56.3 cm³/mol. The van der Waals surface area contributed by atoms with Gasteiger partial charge in [-0.25, -0.2) is 9.97 Å². The molecule has 2 aromatic heterocycles. The molecular formula is C9H11N3S. The molecule has 4 heteroatoms. The van der Waals surface area contributed by atoms with Gasteiger partial charge in [-0.3, -0.25) is 0 Å². The first kappa shape index (κ1) is 8.44. The summed E-state index contributed by atoms with van der Waals surface area (Å²) in [7, 11) is 0. The number of fused-ring (bicyclic) bond motifs is 1. The highest BCUT2D eigenvalue weighted by Gasteiger charge is 2.04. The molecule has 0 unspecified atom stereocenters. The first-order valence-corrected chi connectivity index (χ1v) is 5.08. The molecule has 0 amide bonds. The number of hydrogen-bond donors (Lipinski definition) is 1. The average molecular weight is 193 g/mol. The van der Waals surface area contributed by atoms with E-state index in [9.17, 15) is 0 Å². The summed E-state index contributed by atoms with van der Waals surface area (Å²) < 4.78 is 0. The van der Waals surface area contributed by atoms with Crippen LogP contribution in [0.2, 0.25) is 0 Å². The van der Waals surface area contributed by atoms with Crippen LogP contribution in [0.4, 0.5) is 5.82 Å². The fourth-order valence-corrected chi connectivity index (χ4v) is 2.13. The van der Waals surface area contributed by atoms with Gasteiger partial charge in [0.15, 0.2) is 0 Å². The van der Waals surface area contributed by atoms with E-state index < -0.39 is 0 Å². The third kappa shape index (κ3) is 1.49. The second-order valence-electron chi connectivity index (χ2n) is 2.83. The van der Waals surface area contributed by atoms with Crippen molar-refractivity contribution in [3.8, 4) is 0 Å². The zero-order valence-corrected chi connectivity index (χ0v) is 8.48. The average Bonchev–Trinajstić information content (AvgIpc) is 2.47. The maximum absolute atomic E-state index is 4.21. The van der Waals surface area contributed by atoms with Gasteiger partial charge in [-0.2, -0.15) is 0 Å². The van der Waals surface area contributed by atoms with Crippen LogP contribution >= 0.6 is 11.3 Å². The first-order valence-electron chi connectivity index (χ1n) is 4.26. The summed E-state index contributed by atoms with van der Waals surface area (Å²) in [6, 6.07) is 2.12. The number of nitrogens with zero attached hydrogens (tertiary/aromatic N) is 2. The van der Waals surface area contributed by atoms with Gasteiger partial charge in [-0.15, -0.1) is 11.3 Å². The highest BCUT2D eigenvalue weighted by Crippen LogP contribution is 2.26. The molecule has 0 aliphatic carbocycles. The van der Waals surface area contributed by atoms with Crippen LogP contribution in [0.3, 0.4) is 0 Å². The van der Waals surface area contributed by atoms with Gasteiger partial charge in [-0.1, -0.05) is 0 Å². The van der Waals surface area contributed by atoms with Crippen LogP contribution in [0.25, 0.3) is 10.2 Å². The standard InChI is InChI=1S/C9H11N3S/c1-3-10-8-7-4-6(2)13-9(7)12-5-11-8/h4-5H,3H2,1-2H3,(H,10,11,12). The van der Waals surface area contributed by atoms with Crippen molar-refractivity contribution in [3.63, 3.8) is 0 Å². The Balaban J connectivity index is 2.60. The molecule has 68 valence electrons. The molecule has 0 fully saturated rings. The lowest BCUT2D eigenvalue weighted by atomic mass is 10.3. The topological polar surface area (TPSA) is 37.8 Å². The summed E-state index contributed by atoms with van der Waals surface area (Å²) in [6.07, 6.45) is 1.61. The van der Waals surface area contributed by atoms with Crippen LogP contribution in [0.1, 0.15) is 11.8 Å². The summed E-state index contributed by atoms with van der Waals surface area (Å²) in [4.78, 5) is 10.7. The SMILES string of the molecule is CCNc1ncnc2sc(C)cc12. The van der Waals surface area contributed by atoms with Gasteiger partial charge in [0.2, 0.25) is 0 Å². The fraction of sp³-hybridized carbons (Fsp3) is 0.333. The van der Waals surface area contributed by atoms with Crippen molar-refractivity contribution < 1.29 is 0 Å². The molecule has 0 saturated carbocycles. The van der Waals surface area contributed by atoms with Gasteiger partial charge < -0.3 is 5.32 Å². The second kappa shape index (κ2) is 3.30. The predicted octanol–water partition coefficient (Wildman–Crippen LogP) is 2.43. The molecule has 0 aliphatic rings. The molecule has 0 spiro atoms. The van der Waals surface area contributed by atoms with Crippen LogP contribution in [0.15, 0.2) is 12.4 Å². The number of anilines is 1. The Kier molecular flexibility index (Phi) is 2.14. The number of rotatable bonds is 2. The summed E-state index contributed by atoms with van der Waals surface area (Å²) in [5.74, 6) is 0.942. The molecule has 0 bridgehead atoms. The van der Waals surface area contributed by atoms with Crippen molar-refractivity contribution in [2.45, 2.75) is 13.8 Å². The van der Waals surface area contributed by atoms with Crippen molar-refractivity contribution in [3.05, 3.63) is 17.3 Å². The maximum atomic E-state index is 4.21. The van der Waals surface area contributed by atoms with Crippen LogP contribution in [-0.2, 0) is 0 Å². The van der Waals surface area contributed by atoms with Crippen LogP contribution < -0.4 is 5.32 Å². The van der Waals surface area contributed by atoms with Gasteiger partial charge in [-0.05, 0) is 19.9 Å². The Hall–Kier alpha value is -1.16. The summed E-state index contributed by atoms with van der Waals surface area (Å²) in [6.45, 7) is 5.04. The maximum Gasteiger partial charge on any atom is 0.138 e. The molecule has 13 heavy (non-hydrogen) atoms. The fourth-order valence-electron chi connectivity index (χ4n) is 1.28. The Morgan fingerprint density at radius 3 is 3.08 bits per heavy atom. The molecule has 2 rings (SSSR count). The molecule has 3 nitrogen and oxygen atoms in total. The van der Waals surface area contributed by atoms with Crippen LogP contribution in [-0.4, -0.2) is 16.5 Å². The van der Waals surface area contributed by atoms with Crippen molar-refractivity contribution in [1.29, 1.82) is 0 Å². The Morgan fingerprint density at radius 2 is 2.31 bits per heavy atom. The van der Waals surface area contributed by atoms with E-state index >= 15 is 0 Å². The molecule has 0 atom stereocenters. The van der Waals surface area contributed by atoms with Crippen LogP contribution in [0.5, 0.6) is 0 Å². The van der Waals surface area contributed by atoms with Crippen LogP contribution in [0, 0.1) is 6.92 Å². The summed E-state index contributed by atoms with van der Waals surface area (Å²) in [5, 5.41) is 4.35. The molecule has 2 heterocycles. The van der Waals surface area contributed by atoms with Crippen molar-refractivity contribution >= 4 is 27.4 Å². The Bertz CT molecular complexity index is 422. The van der Waals surface area contributed by atoms with E-state index in [1.165, 1.54) is 4.88 Å². The van der Waals surface area contributed by atoms with E-state index in [0.717, 1.165) is 22.6 Å². The van der Waals surface area contributed by atoms with E-state index in [2.05, 4.69) is 35.2 Å². The van der Waals surface area contributed by atoms with Gasteiger partial charge >= 0.3 is 0 Å². The quantitative estimate of drug-likeness (QED) is 0.796. The number of hydrogen-bond acceptors (Lipinski definition) is 4. The number of nitrogens with one attached hydrogen (secondary N) is 1. The van der Waals surface area contributed by atoms with E-state index in [1.54, 1.807) is 17.7 Å². The third-order valence-corrected chi connectivity index (χ3v) is 2.76. The van der Waals surface area contributed by atoms with Gasteiger partial charge in [0.25, 0.3) is 0 Å². The minimum absolute atomic E-state index is 0.890. The van der Waals surface area contributed by atoms with E-state index in [1.807, 2.05) is 0 Å². The summed E-state index contributed by atoms with van der Waals surface area (Å²) in [5.41, 5.74) is 0. The highest BCUT2D eigenvalue weighted by atomic mass is 32.1. The Morgan fingerprint density at radius 1 is 1.46 bits per heavy atom. The zero-order valence-electron chi connectivity index (χ0n) is 7.66. The van der Waals surface area contributed by atoms with Crippen molar-refractivity contribution in [2.75, 3.05) is 11.9 Å². The number of thiophene rings is 1. The lowest BCUT2D eigenvalue weighted by Crippen LogP contribution is -1.99. The lowest BCUT2D eigenvalue weighted by molar-refractivity contribution is 1.14. The molecule has 2 aromatic rings. The van der Waals surface area contributed by atoms with E-state index in [0.29, 0.717) is 0 Å². The van der Waals surface area contributed by atoms with Crippen molar-refractivity contribution in [1.82, 2.24) is 9.97 Å². The van der Waals surface area contributed by atoms with Crippen molar-refractivity contribution in [2.24, 2.45) is 0 Å². The smallest absolute Gasteiger partial charge is 0.138 e. The molecular weight excluding hydrogens is 182 g/mol. The van der Waals surface area contributed by atoms with E-state index in [-0.39, 0.29) is 0 Å². The van der Waals surface area contributed by atoms with Gasteiger partial charge in [0.05, 0.1) is 5.39 Å². The van der Waals surface area contributed by atoms with Gasteiger partial charge in [0, 0.05) is 11.4 Å². The molecule has 0 aliphatic heterocycles. The monoisotopic (exact) mass is 193 g/mol. The summed E-state index contributed by atoms with van der Waals surface area (Å²) >= 11 is 1.70. The number of aromatic nitrogens is 2. The normalized spacial score (nSPS) is 10.6.